The van der Waals surface area contributed by atoms with Gasteiger partial charge in [-0.2, -0.15) is 5.10 Å². The minimum Gasteiger partial charge on any atom is -0.265 e. The van der Waals surface area contributed by atoms with Gasteiger partial charge in [-0.1, -0.05) is 24.6 Å². The van der Waals surface area contributed by atoms with E-state index in [-0.39, 0.29) is 0 Å². The summed E-state index contributed by atoms with van der Waals surface area (Å²) < 4.78 is 2.00. The molecule has 0 aromatic carbocycles. The van der Waals surface area contributed by atoms with E-state index in [1.807, 2.05) is 23.7 Å². The molecule has 0 aliphatic heterocycles. The summed E-state index contributed by atoms with van der Waals surface area (Å²) in [4.78, 5) is 4.08. The molecule has 2 heterocycles. The maximum Gasteiger partial charge on any atom is 0.134 e. The SMILES string of the molecule is CCc1c(C)nn(Cc2cccnc2Cl)c1C. The summed E-state index contributed by atoms with van der Waals surface area (Å²) in [5.74, 6) is 0. The molecule has 0 fully saturated rings. The molecule has 0 N–H and O–H groups in total. The minimum atomic E-state index is 0.554. The maximum atomic E-state index is 6.05. The quantitative estimate of drug-likeness (QED) is 0.783. The molecule has 3 nitrogen and oxygen atoms in total. The van der Waals surface area contributed by atoms with Gasteiger partial charge < -0.3 is 0 Å². The van der Waals surface area contributed by atoms with E-state index >= 15 is 0 Å². The van der Waals surface area contributed by atoms with Crippen molar-refractivity contribution in [1.29, 1.82) is 0 Å². The highest BCUT2D eigenvalue weighted by Gasteiger charge is 2.11. The monoisotopic (exact) mass is 249 g/mol. The van der Waals surface area contributed by atoms with Crippen LogP contribution < -0.4 is 0 Å². The number of halogens is 1. The van der Waals surface area contributed by atoms with E-state index in [0.717, 1.165) is 17.7 Å². The Morgan fingerprint density at radius 3 is 2.71 bits per heavy atom. The molecule has 0 saturated heterocycles. The third-order valence-electron chi connectivity index (χ3n) is 3.04. The summed E-state index contributed by atoms with van der Waals surface area (Å²) >= 11 is 6.05. The van der Waals surface area contributed by atoms with E-state index in [0.29, 0.717) is 11.7 Å². The average molecular weight is 250 g/mol. The number of rotatable bonds is 3. The van der Waals surface area contributed by atoms with Crippen molar-refractivity contribution >= 4 is 11.6 Å². The van der Waals surface area contributed by atoms with Crippen LogP contribution in [0.25, 0.3) is 0 Å². The van der Waals surface area contributed by atoms with Crippen LogP contribution in [0.5, 0.6) is 0 Å². The van der Waals surface area contributed by atoms with Crippen molar-refractivity contribution < 1.29 is 0 Å². The Kier molecular flexibility index (Phi) is 3.48. The Morgan fingerprint density at radius 1 is 1.35 bits per heavy atom. The second-order valence-electron chi connectivity index (χ2n) is 4.11. The predicted molar refractivity (Wildman–Crippen MR) is 69.4 cm³/mol. The van der Waals surface area contributed by atoms with Gasteiger partial charge in [0.1, 0.15) is 5.15 Å². The lowest BCUT2D eigenvalue weighted by molar-refractivity contribution is 0.656. The molecule has 0 amide bonds. The molecule has 2 aromatic rings. The summed E-state index contributed by atoms with van der Waals surface area (Å²) in [5.41, 5.74) is 4.64. The van der Waals surface area contributed by atoms with Crippen molar-refractivity contribution in [2.45, 2.75) is 33.7 Å². The number of hydrogen-bond donors (Lipinski definition) is 0. The van der Waals surface area contributed by atoms with Gasteiger partial charge in [0.2, 0.25) is 0 Å². The minimum absolute atomic E-state index is 0.554. The number of hydrogen-bond acceptors (Lipinski definition) is 2. The lowest BCUT2D eigenvalue weighted by Gasteiger charge is -2.06. The Balaban J connectivity index is 2.34. The van der Waals surface area contributed by atoms with Gasteiger partial charge in [0.25, 0.3) is 0 Å². The van der Waals surface area contributed by atoms with Crippen LogP contribution >= 0.6 is 11.6 Å². The zero-order chi connectivity index (χ0) is 12.4. The number of nitrogens with zero attached hydrogens (tertiary/aromatic N) is 3. The van der Waals surface area contributed by atoms with E-state index in [2.05, 4.69) is 23.9 Å². The molecule has 0 unspecified atom stereocenters. The second-order valence-corrected chi connectivity index (χ2v) is 4.47. The van der Waals surface area contributed by atoms with Gasteiger partial charge in [-0.25, -0.2) is 4.98 Å². The first kappa shape index (κ1) is 12.1. The molecule has 2 rings (SSSR count). The van der Waals surface area contributed by atoms with Crippen molar-refractivity contribution in [2.24, 2.45) is 0 Å². The molecule has 0 spiro atoms. The molecular formula is C13H16ClN3. The first-order chi connectivity index (χ1) is 8.13. The number of aromatic nitrogens is 3. The normalized spacial score (nSPS) is 10.8. The molecule has 2 aromatic heterocycles. The Hall–Kier alpha value is -1.35. The van der Waals surface area contributed by atoms with E-state index in [1.165, 1.54) is 11.3 Å². The Morgan fingerprint density at radius 2 is 2.12 bits per heavy atom. The largest absolute Gasteiger partial charge is 0.265 e. The maximum absolute atomic E-state index is 6.05. The van der Waals surface area contributed by atoms with Gasteiger partial charge >= 0.3 is 0 Å². The highest BCUT2D eigenvalue weighted by molar-refractivity contribution is 6.30. The fourth-order valence-electron chi connectivity index (χ4n) is 2.10. The fraction of sp³-hybridized carbons (Fsp3) is 0.385. The van der Waals surface area contributed by atoms with Crippen LogP contribution in [0, 0.1) is 13.8 Å². The van der Waals surface area contributed by atoms with Crippen molar-refractivity contribution in [2.75, 3.05) is 0 Å². The van der Waals surface area contributed by atoms with Crippen molar-refractivity contribution in [1.82, 2.24) is 14.8 Å². The van der Waals surface area contributed by atoms with Crippen molar-refractivity contribution in [3.8, 4) is 0 Å². The van der Waals surface area contributed by atoms with Gasteiger partial charge in [-0.3, -0.25) is 4.68 Å². The van der Waals surface area contributed by atoms with Crippen LogP contribution in [0.4, 0.5) is 0 Å². The molecule has 0 saturated carbocycles. The van der Waals surface area contributed by atoms with E-state index in [9.17, 15) is 0 Å². The van der Waals surface area contributed by atoms with Gasteiger partial charge in [0, 0.05) is 17.5 Å². The second kappa shape index (κ2) is 4.88. The highest BCUT2D eigenvalue weighted by atomic mass is 35.5. The molecule has 90 valence electrons. The zero-order valence-corrected chi connectivity index (χ0v) is 11.1. The van der Waals surface area contributed by atoms with Gasteiger partial charge in [0.15, 0.2) is 0 Å². The van der Waals surface area contributed by atoms with Crippen LogP contribution in [0.3, 0.4) is 0 Å². The molecule has 0 atom stereocenters. The van der Waals surface area contributed by atoms with E-state index < -0.39 is 0 Å². The third kappa shape index (κ3) is 2.34. The molecule has 0 radical (unpaired) electrons. The van der Waals surface area contributed by atoms with Crippen LogP contribution in [-0.4, -0.2) is 14.8 Å². The molecule has 0 bridgehead atoms. The van der Waals surface area contributed by atoms with Crippen molar-refractivity contribution in [3.05, 3.63) is 46.0 Å². The molecular weight excluding hydrogens is 234 g/mol. The van der Waals surface area contributed by atoms with Crippen LogP contribution in [-0.2, 0) is 13.0 Å². The summed E-state index contributed by atoms with van der Waals surface area (Å²) in [6.45, 7) is 6.98. The molecule has 17 heavy (non-hydrogen) atoms. The topological polar surface area (TPSA) is 30.7 Å². The fourth-order valence-corrected chi connectivity index (χ4v) is 2.28. The molecule has 0 aliphatic carbocycles. The predicted octanol–water partition coefficient (Wildman–Crippen LogP) is 3.16. The average Bonchev–Trinajstić information content (AvgIpc) is 2.57. The number of aryl methyl sites for hydroxylation is 1. The standard InChI is InChI=1S/C13H16ClN3/c1-4-12-9(2)16-17(10(12)3)8-11-6-5-7-15-13(11)14/h5-7H,4,8H2,1-3H3. The van der Waals surface area contributed by atoms with Crippen LogP contribution in [0.2, 0.25) is 5.15 Å². The van der Waals surface area contributed by atoms with E-state index in [4.69, 9.17) is 11.6 Å². The van der Waals surface area contributed by atoms with Gasteiger partial charge in [-0.15, -0.1) is 0 Å². The van der Waals surface area contributed by atoms with E-state index in [1.54, 1.807) is 6.20 Å². The van der Waals surface area contributed by atoms with Crippen LogP contribution in [0.15, 0.2) is 18.3 Å². The Bertz CT molecular complexity index is 531. The first-order valence-corrected chi connectivity index (χ1v) is 6.13. The molecule has 4 heteroatoms. The summed E-state index contributed by atoms with van der Waals surface area (Å²) in [7, 11) is 0. The van der Waals surface area contributed by atoms with Crippen LogP contribution in [0.1, 0.15) is 29.4 Å². The lowest BCUT2D eigenvalue weighted by atomic mass is 10.1. The lowest BCUT2D eigenvalue weighted by Crippen LogP contribution is -2.05. The zero-order valence-electron chi connectivity index (χ0n) is 10.4. The Labute approximate surface area is 106 Å². The summed E-state index contributed by atoms with van der Waals surface area (Å²) in [6, 6.07) is 3.88. The summed E-state index contributed by atoms with van der Waals surface area (Å²) in [5, 5.41) is 5.10. The number of pyridine rings is 1. The molecule has 0 aliphatic rings. The van der Waals surface area contributed by atoms with Gasteiger partial charge in [-0.05, 0) is 31.9 Å². The third-order valence-corrected chi connectivity index (χ3v) is 3.38. The van der Waals surface area contributed by atoms with Crippen molar-refractivity contribution in [3.63, 3.8) is 0 Å². The smallest absolute Gasteiger partial charge is 0.134 e. The highest BCUT2D eigenvalue weighted by Crippen LogP contribution is 2.18. The first-order valence-electron chi connectivity index (χ1n) is 5.75. The summed E-state index contributed by atoms with van der Waals surface area (Å²) in [6.07, 6.45) is 2.71. The van der Waals surface area contributed by atoms with Gasteiger partial charge in [0.05, 0.1) is 12.2 Å².